The van der Waals surface area contributed by atoms with Gasteiger partial charge in [-0.15, -0.1) is 23.1 Å². The van der Waals surface area contributed by atoms with Crippen molar-refractivity contribution >= 4 is 44.5 Å². The predicted octanol–water partition coefficient (Wildman–Crippen LogP) is 4.17. The Labute approximate surface area is 166 Å². The fraction of sp³-hybridized carbons (Fsp3) is 0.105. The highest BCUT2D eigenvalue weighted by Crippen LogP contribution is 2.40. The van der Waals surface area contributed by atoms with Crippen molar-refractivity contribution in [3.8, 4) is 17.2 Å². The van der Waals surface area contributed by atoms with E-state index in [1.807, 2.05) is 29.6 Å². The molecule has 2 N–H and O–H groups in total. The summed E-state index contributed by atoms with van der Waals surface area (Å²) in [6.07, 6.45) is 0. The first kappa shape index (κ1) is 17.9. The summed E-state index contributed by atoms with van der Waals surface area (Å²) >= 11 is 3.02. The van der Waals surface area contributed by atoms with Crippen LogP contribution in [0.2, 0.25) is 0 Å². The number of hydrogen-bond acceptors (Lipinski definition) is 6. The highest BCUT2D eigenvalue weighted by Gasteiger charge is 2.29. The Hall–Kier alpha value is -2.47. The number of hydrogen-bond donors (Lipinski definition) is 1. The van der Waals surface area contributed by atoms with Crippen LogP contribution >= 0.6 is 23.1 Å². The summed E-state index contributed by atoms with van der Waals surface area (Å²) in [5.41, 5.74) is 8.70. The van der Waals surface area contributed by atoms with Gasteiger partial charge in [0.1, 0.15) is 10.9 Å². The molecule has 0 unspecified atom stereocenters. The summed E-state index contributed by atoms with van der Waals surface area (Å²) in [6, 6.07) is 16.0. The van der Waals surface area contributed by atoms with Gasteiger partial charge in [0.2, 0.25) is 0 Å². The largest absolute Gasteiger partial charge is 0.399 e. The average Bonchev–Trinajstić information content (AvgIpc) is 3.16. The number of nitrogen functional groups attached to an aromatic ring is 1. The number of nitrogens with two attached hydrogens (primary N) is 1. The molecular formula is C19H15N3O2S3. The lowest BCUT2D eigenvalue weighted by Crippen LogP contribution is -2.35. The van der Waals surface area contributed by atoms with E-state index >= 15 is 0 Å². The van der Waals surface area contributed by atoms with E-state index in [9.17, 15) is 8.42 Å². The lowest BCUT2D eigenvalue weighted by Gasteiger charge is -2.30. The van der Waals surface area contributed by atoms with Crippen molar-refractivity contribution in [2.45, 2.75) is 9.79 Å². The number of thioether (sulfide) groups is 1. The van der Waals surface area contributed by atoms with E-state index in [2.05, 4.69) is 6.07 Å². The van der Waals surface area contributed by atoms with Crippen LogP contribution in [0.5, 0.6) is 0 Å². The van der Waals surface area contributed by atoms with E-state index in [1.54, 1.807) is 23.9 Å². The zero-order valence-corrected chi connectivity index (χ0v) is 16.6. The van der Waals surface area contributed by atoms with Crippen molar-refractivity contribution in [2.75, 3.05) is 22.3 Å². The topological polar surface area (TPSA) is 87.2 Å². The molecule has 0 bridgehead atoms. The highest BCUT2D eigenvalue weighted by molar-refractivity contribution is 8.00. The molecule has 8 heteroatoms. The van der Waals surface area contributed by atoms with Crippen molar-refractivity contribution in [3.05, 3.63) is 58.8 Å². The van der Waals surface area contributed by atoms with E-state index in [-0.39, 0.29) is 4.90 Å². The van der Waals surface area contributed by atoms with E-state index in [0.29, 0.717) is 28.5 Å². The normalized spacial score (nSPS) is 13.8. The number of nitrogens with zero attached hydrogens (tertiary/aromatic N) is 2. The second-order valence-electron chi connectivity index (χ2n) is 5.99. The van der Waals surface area contributed by atoms with Gasteiger partial charge < -0.3 is 5.73 Å². The van der Waals surface area contributed by atoms with Gasteiger partial charge in [0, 0.05) is 22.9 Å². The first-order chi connectivity index (χ1) is 13.0. The van der Waals surface area contributed by atoms with Gasteiger partial charge in [0.25, 0.3) is 10.0 Å². The van der Waals surface area contributed by atoms with Crippen LogP contribution in [0.4, 0.5) is 11.4 Å². The third-order valence-corrected chi connectivity index (χ3v) is 8.00. The lowest BCUT2D eigenvalue weighted by atomic mass is 10.1. The molecule has 1 aromatic heterocycles. The molecule has 0 saturated heterocycles. The fourth-order valence-electron chi connectivity index (χ4n) is 2.94. The van der Waals surface area contributed by atoms with Crippen LogP contribution in [0.15, 0.2) is 63.7 Å². The number of nitriles is 1. The fourth-order valence-corrected chi connectivity index (χ4v) is 6.27. The van der Waals surface area contributed by atoms with Crippen LogP contribution in [0.3, 0.4) is 0 Å². The predicted molar refractivity (Wildman–Crippen MR) is 111 cm³/mol. The number of sulfonamides is 1. The standard InChI is InChI=1S/C19H15N3O2S3/c20-11-16-9-14(12-26-16)13-1-6-19-18(10-13)22(7-8-25-19)27(23,24)17-4-2-15(21)3-5-17/h1-6,9-10,12H,7-8,21H2. The van der Waals surface area contributed by atoms with Crippen LogP contribution in [0, 0.1) is 11.3 Å². The van der Waals surface area contributed by atoms with Gasteiger partial charge in [-0.25, -0.2) is 8.42 Å². The molecule has 1 aliphatic heterocycles. The van der Waals surface area contributed by atoms with Gasteiger partial charge in [-0.1, -0.05) is 6.07 Å². The van der Waals surface area contributed by atoms with E-state index in [1.165, 1.54) is 27.8 Å². The number of anilines is 2. The summed E-state index contributed by atoms with van der Waals surface area (Å²) in [5, 5.41) is 11.0. The Morgan fingerprint density at radius 3 is 2.56 bits per heavy atom. The van der Waals surface area contributed by atoms with Gasteiger partial charge in [0.15, 0.2) is 0 Å². The van der Waals surface area contributed by atoms with Gasteiger partial charge >= 0.3 is 0 Å². The minimum atomic E-state index is -3.68. The van der Waals surface area contributed by atoms with Crippen LogP contribution in [0.1, 0.15) is 4.88 Å². The molecule has 0 fully saturated rings. The van der Waals surface area contributed by atoms with Crippen molar-refractivity contribution in [1.29, 1.82) is 5.26 Å². The number of fused-ring (bicyclic) bond motifs is 1. The molecule has 2 heterocycles. The highest BCUT2D eigenvalue weighted by atomic mass is 32.2. The van der Waals surface area contributed by atoms with Crippen LogP contribution in [-0.4, -0.2) is 20.7 Å². The van der Waals surface area contributed by atoms with Gasteiger partial charge in [-0.2, -0.15) is 5.26 Å². The second-order valence-corrected chi connectivity index (χ2v) is 9.90. The summed E-state index contributed by atoms with van der Waals surface area (Å²) in [5.74, 6) is 0.692. The SMILES string of the molecule is N#Cc1cc(-c2ccc3c(c2)N(S(=O)(=O)c2ccc(N)cc2)CCS3)cs1. The molecule has 3 aromatic rings. The van der Waals surface area contributed by atoms with E-state index in [0.717, 1.165) is 16.0 Å². The maximum Gasteiger partial charge on any atom is 0.264 e. The smallest absolute Gasteiger partial charge is 0.264 e. The third kappa shape index (κ3) is 3.30. The van der Waals surface area contributed by atoms with Crippen LogP contribution in [-0.2, 0) is 10.0 Å². The van der Waals surface area contributed by atoms with Crippen LogP contribution < -0.4 is 10.0 Å². The molecule has 0 atom stereocenters. The van der Waals surface area contributed by atoms with Crippen molar-refractivity contribution in [3.63, 3.8) is 0 Å². The molecule has 2 aromatic carbocycles. The van der Waals surface area contributed by atoms with Gasteiger partial charge in [0.05, 0.1) is 10.6 Å². The summed E-state index contributed by atoms with van der Waals surface area (Å²) in [7, 11) is -3.68. The van der Waals surface area contributed by atoms with E-state index < -0.39 is 10.0 Å². The quantitative estimate of drug-likeness (QED) is 0.651. The maximum absolute atomic E-state index is 13.2. The zero-order valence-electron chi connectivity index (χ0n) is 14.1. The first-order valence-corrected chi connectivity index (χ1v) is 11.4. The molecular weight excluding hydrogens is 398 g/mol. The van der Waals surface area contributed by atoms with Gasteiger partial charge in [-0.05, 0) is 59.0 Å². The van der Waals surface area contributed by atoms with Crippen molar-refractivity contribution < 1.29 is 8.42 Å². The molecule has 4 rings (SSSR count). The minimum absolute atomic E-state index is 0.224. The van der Waals surface area contributed by atoms with Crippen molar-refractivity contribution in [1.82, 2.24) is 0 Å². The zero-order chi connectivity index (χ0) is 19.0. The van der Waals surface area contributed by atoms with Crippen LogP contribution in [0.25, 0.3) is 11.1 Å². The Kier molecular flexibility index (Phi) is 4.60. The molecule has 0 saturated carbocycles. The molecule has 1 aliphatic rings. The van der Waals surface area contributed by atoms with E-state index in [4.69, 9.17) is 11.0 Å². The molecule has 0 amide bonds. The number of thiophene rings is 1. The Balaban J connectivity index is 1.79. The molecule has 0 aliphatic carbocycles. The maximum atomic E-state index is 13.2. The molecule has 0 radical (unpaired) electrons. The summed E-state index contributed by atoms with van der Waals surface area (Å²) in [6.45, 7) is 0.404. The molecule has 0 spiro atoms. The molecule has 27 heavy (non-hydrogen) atoms. The average molecular weight is 414 g/mol. The first-order valence-electron chi connectivity index (χ1n) is 8.13. The lowest BCUT2D eigenvalue weighted by molar-refractivity contribution is 0.591. The second kappa shape index (κ2) is 6.93. The molecule has 136 valence electrons. The van der Waals surface area contributed by atoms with Gasteiger partial charge in [-0.3, -0.25) is 4.31 Å². The van der Waals surface area contributed by atoms with Crippen molar-refractivity contribution in [2.24, 2.45) is 0 Å². The molecule has 5 nitrogen and oxygen atoms in total. The number of rotatable bonds is 3. The summed E-state index contributed by atoms with van der Waals surface area (Å²) in [4.78, 5) is 1.78. The Morgan fingerprint density at radius 1 is 1.07 bits per heavy atom. The number of benzene rings is 2. The Bertz CT molecular complexity index is 1150. The monoisotopic (exact) mass is 413 g/mol. The Morgan fingerprint density at radius 2 is 1.85 bits per heavy atom. The summed E-state index contributed by atoms with van der Waals surface area (Å²) < 4.78 is 27.9. The third-order valence-electron chi connectivity index (χ3n) is 4.29. The minimum Gasteiger partial charge on any atom is -0.399 e.